The van der Waals surface area contributed by atoms with Crippen LogP contribution in [0.25, 0.3) is 0 Å². The van der Waals surface area contributed by atoms with Gasteiger partial charge in [-0.25, -0.2) is 0 Å². The van der Waals surface area contributed by atoms with Gasteiger partial charge >= 0.3 is 0 Å². The maximum absolute atomic E-state index is 12.0. The molecule has 1 aliphatic rings. The maximum Gasteiger partial charge on any atom is 0.290 e. The molecule has 0 saturated carbocycles. The first-order valence-corrected chi connectivity index (χ1v) is 8.42. The third-order valence-corrected chi connectivity index (χ3v) is 4.06. The van der Waals surface area contributed by atoms with Gasteiger partial charge in [0.15, 0.2) is 0 Å². The fourth-order valence-electron chi connectivity index (χ4n) is 2.85. The van der Waals surface area contributed by atoms with Crippen molar-refractivity contribution in [3.8, 4) is 0 Å². The molecule has 26 heavy (non-hydrogen) atoms. The number of aryl methyl sites for hydroxylation is 1. The normalized spacial score (nSPS) is 12.5. The van der Waals surface area contributed by atoms with Gasteiger partial charge in [0.25, 0.3) is 6.47 Å². The van der Waals surface area contributed by atoms with Crippen LogP contribution in [-0.2, 0) is 22.7 Å². The number of pyridine rings is 1. The van der Waals surface area contributed by atoms with Crippen LogP contribution in [0.2, 0.25) is 0 Å². The van der Waals surface area contributed by atoms with Crippen molar-refractivity contribution in [3.63, 3.8) is 0 Å². The lowest BCUT2D eigenvalue weighted by atomic mass is 10.1. The second kappa shape index (κ2) is 10.1. The summed E-state index contributed by atoms with van der Waals surface area (Å²) in [5.41, 5.74) is 4.82. The predicted molar refractivity (Wildman–Crippen MR) is 99.7 cm³/mol. The standard InChI is InChI=1S/C18H22N4O.CH2O2/c1-14-10-19-7-6-17(14)20-8-9-21-18(23)13-22-11-15-4-2-3-5-16(15)12-22;2-1-3/h2-7,10H,8-9,11-13H2,1H3,(H,19,20)(H,21,23);1H,(H,2,3). The molecule has 3 rings (SSSR count). The lowest BCUT2D eigenvalue weighted by molar-refractivity contribution is -0.123. The van der Waals surface area contributed by atoms with Crippen LogP contribution in [0, 0.1) is 6.92 Å². The number of hydrogen-bond acceptors (Lipinski definition) is 5. The summed E-state index contributed by atoms with van der Waals surface area (Å²) < 4.78 is 0. The molecule has 0 spiro atoms. The summed E-state index contributed by atoms with van der Waals surface area (Å²) in [7, 11) is 0. The Balaban J connectivity index is 0.000000758. The average molecular weight is 356 g/mol. The monoisotopic (exact) mass is 356 g/mol. The third-order valence-electron chi connectivity index (χ3n) is 4.06. The highest BCUT2D eigenvalue weighted by atomic mass is 16.3. The Hall–Kier alpha value is -2.93. The summed E-state index contributed by atoms with van der Waals surface area (Å²) in [5, 5.41) is 13.2. The fraction of sp³-hybridized carbons (Fsp3) is 0.316. The van der Waals surface area contributed by atoms with Crippen molar-refractivity contribution in [2.45, 2.75) is 20.0 Å². The fourth-order valence-corrected chi connectivity index (χ4v) is 2.85. The van der Waals surface area contributed by atoms with E-state index in [1.807, 2.05) is 19.2 Å². The minimum Gasteiger partial charge on any atom is -0.483 e. The molecule has 0 bridgehead atoms. The predicted octanol–water partition coefficient (Wildman–Crippen LogP) is 1.63. The van der Waals surface area contributed by atoms with E-state index >= 15 is 0 Å². The van der Waals surface area contributed by atoms with Crippen molar-refractivity contribution in [3.05, 3.63) is 59.4 Å². The first kappa shape index (κ1) is 19.4. The average Bonchev–Trinajstić information content (AvgIpc) is 3.03. The summed E-state index contributed by atoms with van der Waals surface area (Å²) in [5.74, 6) is 0.0751. The molecule has 0 aliphatic carbocycles. The number of carbonyl (C=O) groups is 2. The Kier molecular flexibility index (Phi) is 7.57. The lowest BCUT2D eigenvalue weighted by Crippen LogP contribution is -2.36. The minimum atomic E-state index is -0.250. The van der Waals surface area contributed by atoms with Gasteiger partial charge in [0, 0.05) is 44.3 Å². The number of fused-ring (bicyclic) bond motifs is 1. The Morgan fingerprint density at radius 1 is 1.23 bits per heavy atom. The van der Waals surface area contributed by atoms with Gasteiger partial charge in [-0.05, 0) is 29.7 Å². The van der Waals surface area contributed by atoms with E-state index in [1.54, 1.807) is 6.20 Å². The number of carboxylic acid groups (broad SMARTS) is 1. The minimum absolute atomic E-state index is 0.0751. The van der Waals surface area contributed by atoms with Crippen molar-refractivity contribution in [2.24, 2.45) is 0 Å². The van der Waals surface area contributed by atoms with Crippen LogP contribution < -0.4 is 10.6 Å². The molecule has 1 aliphatic heterocycles. The summed E-state index contributed by atoms with van der Waals surface area (Å²) in [6, 6.07) is 10.3. The van der Waals surface area contributed by atoms with Gasteiger partial charge in [-0.1, -0.05) is 24.3 Å². The number of hydrogen-bond donors (Lipinski definition) is 3. The number of rotatable bonds is 6. The van der Waals surface area contributed by atoms with Gasteiger partial charge in [0.2, 0.25) is 5.91 Å². The molecular formula is C19H24N4O3. The quantitative estimate of drug-likeness (QED) is 0.538. The SMILES string of the molecule is Cc1cnccc1NCCNC(=O)CN1Cc2ccccc2C1.O=CO. The first-order chi connectivity index (χ1) is 12.6. The third kappa shape index (κ3) is 5.86. The van der Waals surface area contributed by atoms with Gasteiger partial charge in [-0.3, -0.25) is 19.5 Å². The zero-order valence-corrected chi connectivity index (χ0v) is 14.8. The molecule has 3 N–H and O–H groups in total. The number of benzene rings is 1. The van der Waals surface area contributed by atoms with E-state index in [0.717, 1.165) is 24.3 Å². The molecular weight excluding hydrogens is 332 g/mol. The highest BCUT2D eigenvalue weighted by molar-refractivity contribution is 5.78. The van der Waals surface area contributed by atoms with Gasteiger partial charge < -0.3 is 15.7 Å². The largest absolute Gasteiger partial charge is 0.483 e. The Bertz CT molecular complexity index is 711. The molecule has 7 heteroatoms. The van der Waals surface area contributed by atoms with E-state index in [0.29, 0.717) is 19.6 Å². The highest BCUT2D eigenvalue weighted by Crippen LogP contribution is 2.21. The number of anilines is 1. The number of aromatic nitrogens is 1. The van der Waals surface area contributed by atoms with Gasteiger partial charge in [-0.15, -0.1) is 0 Å². The first-order valence-electron chi connectivity index (χ1n) is 8.42. The Morgan fingerprint density at radius 3 is 2.50 bits per heavy atom. The van der Waals surface area contributed by atoms with E-state index in [9.17, 15) is 4.79 Å². The Labute approximate surface area is 153 Å². The highest BCUT2D eigenvalue weighted by Gasteiger charge is 2.19. The number of amides is 1. The van der Waals surface area contributed by atoms with Crippen LogP contribution in [0.3, 0.4) is 0 Å². The number of nitrogens with one attached hydrogen (secondary N) is 2. The molecule has 1 aromatic heterocycles. The molecule has 7 nitrogen and oxygen atoms in total. The summed E-state index contributed by atoms with van der Waals surface area (Å²) in [4.78, 5) is 26.6. The second-order valence-electron chi connectivity index (χ2n) is 5.99. The molecule has 0 saturated heterocycles. The number of nitrogens with zero attached hydrogens (tertiary/aromatic N) is 2. The van der Waals surface area contributed by atoms with E-state index in [4.69, 9.17) is 9.90 Å². The van der Waals surface area contributed by atoms with Crippen LogP contribution >= 0.6 is 0 Å². The lowest BCUT2D eigenvalue weighted by Gasteiger charge is -2.15. The summed E-state index contributed by atoms with van der Waals surface area (Å²) in [6.07, 6.45) is 3.59. The van der Waals surface area contributed by atoms with Crippen LogP contribution in [0.5, 0.6) is 0 Å². The molecule has 1 aromatic carbocycles. The van der Waals surface area contributed by atoms with Gasteiger partial charge in [0.1, 0.15) is 0 Å². The number of carbonyl (C=O) groups excluding carboxylic acids is 1. The van der Waals surface area contributed by atoms with Crippen molar-refractivity contribution in [1.82, 2.24) is 15.2 Å². The van der Waals surface area contributed by atoms with Gasteiger partial charge in [0.05, 0.1) is 6.54 Å². The van der Waals surface area contributed by atoms with E-state index in [2.05, 4.69) is 44.8 Å². The van der Waals surface area contributed by atoms with E-state index in [-0.39, 0.29) is 12.4 Å². The zero-order chi connectivity index (χ0) is 18.8. The van der Waals surface area contributed by atoms with Crippen molar-refractivity contribution >= 4 is 18.1 Å². The smallest absolute Gasteiger partial charge is 0.290 e. The van der Waals surface area contributed by atoms with Crippen LogP contribution in [0.4, 0.5) is 5.69 Å². The topological polar surface area (TPSA) is 94.6 Å². The van der Waals surface area contributed by atoms with Crippen molar-refractivity contribution in [1.29, 1.82) is 0 Å². The zero-order valence-electron chi connectivity index (χ0n) is 14.8. The molecule has 0 radical (unpaired) electrons. The molecule has 2 heterocycles. The molecule has 2 aromatic rings. The van der Waals surface area contributed by atoms with Crippen LogP contribution in [0.1, 0.15) is 16.7 Å². The van der Waals surface area contributed by atoms with Crippen LogP contribution in [0.15, 0.2) is 42.7 Å². The molecule has 0 fully saturated rings. The van der Waals surface area contributed by atoms with E-state index < -0.39 is 0 Å². The van der Waals surface area contributed by atoms with Crippen LogP contribution in [-0.4, -0.2) is 47.0 Å². The van der Waals surface area contributed by atoms with Crippen molar-refractivity contribution in [2.75, 3.05) is 25.0 Å². The molecule has 138 valence electrons. The molecule has 1 amide bonds. The van der Waals surface area contributed by atoms with Crippen molar-refractivity contribution < 1.29 is 14.7 Å². The van der Waals surface area contributed by atoms with Gasteiger partial charge in [-0.2, -0.15) is 0 Å². The summed E-state index contributed by atoms with van der Waals surface area (Å²) >= 11 is 0. The summed E-state index contributed by atoms with van der Waals surface area (Å²) in [6.45, 7) is 5.25. The molecule has 0 unspecified atom stereocenters. The Morgan fingerprint density at radius 2 is 1.88 bits per heavy atom. The van der Waals surface area contributed by atoms with E-state index in [1.165, 1.54) is 11.1 Å². The molecule has 0 atom stereocenters. The maximum atomic E-state index is 12.0. The second-order valence-corrected chi connectivity index (χ2v) is 5.99.